The third kappa shape index (κ3) is 7.97. The molecule has 150 valence electrons. The molecule has 1 aromatic rings. The molecule has 1 aliphatic rings. The van der Waals surface area contributed by atoms with E-state index < -0.39 is 0 Å². The number of rotatable bonds is 10. The quantitative estimate of drug-likeness (QED) is 0.328. The van der Waals surface area contributed by atoms with E-state index in [4.69, 9.17) is 9.47 Å². The Labute approximate surface area is 161 Å². The van der Waals surface area contributed by atoms with Crippen molar-refractivity contribution in [3.63, 3.8) is 0 Å². The number of carbonyl (C=O) groups is 1. The lowest BCUT2D eigenvalue weighted by atomic mass is 10.1. The maximum Gasteiger partial charge on any atom is 0.251 e. The van der Waals surface area contributed by atoms with E-state index in [0.29, 0.717) is 18.0 Å². The summed E-state index contributed by atoms with van der Waals surface area (Å²) in [6, 6.07) is 7.52. The molecule has 1 saturated heterocycles. The van der Waals surface area contributed by atoms with Gasteiger partial charge in [-0.15, -0.1) is 0 Å². The van der Waals surface area contributed by atoms with Crippen molar-refractivity contribution in [2.24, 2.45) is 10.9 Å². The van der Waals surface area contributed by atoms with Crippen LogP contribution in [0, 0.1) is 5.92 Å². The minimum absolute atomic E-state index is 0.0879. The Bertz CT molecular complexity index is 601. The molecule has 7 heteroatoms. The van der Waals surface area contributed by atoms with Crippen molar-refractivity contribution in [2.75, 3.05) is 46.6 Å². The van der Waals surface area contributed by atoms with Gasteiger partial charge in [-0.25, -0.2) is 4.99 Å². The molecule has 0 radical (unpaired) electrons. The fourth-order valence-corrected chi connectivity index (χ4v) is 2.81. The molecule has 1 fully saturated rings. The number of aliphatic imine (C=N–C) groups is 1. The molecule has 1 aromatic carbocycles. The molecule has 0 aromatic heterocycles. The second-order valence-corrected chi connectivity index (χ2v) is 6.56. The van der Waals surface area contributed by atoms with Crippen LogP contribution in [-0.4, -0.2) is 58.4 Å². The average molecular weight is 377 g/mol. The van der Waals surface area contributed by atoms with Crippen molar-refractivity contribution in [1.82, 2.24) is 16.0 Å². The molecule has 0 bridgehead atoms. The highest BCUT2D eigenvalue weighted by Crippen LogP contribution is 2.12. The molecular weight excluding hydrogens is 344 g/mol. The van der Waals surface area contributed by atoms with Gasteiger partial charge in [-0.1, -0.05) is 12.1 Å². The largest absolute Gasteiger partial charge is 0.381 e. The number of nitrogens with zero attached hydrogens (tertiary/aromatic N) is 1. The van der Waals surface area contributed by atoms with Gasteiger partial charge >= 0.3 is 0 Å². The highest BCUT2D eigenvalue weighted by Gasteiger charge is 2.15. The Kier molecular flexibility index (Phi) is 9.65. The van der Waals surface area contributed by atoms with E-state index >= 15 is 0 Å². The minimum atomic E-state index is -0.0879. The van der Waals surface area contributed by atoms with E-state index in [1.54, 1.807) is 13.1 Å². The van der Waals surface area contributed by atoms with Crippen molar-refractivity contribution >= 4 is 11.9 Å². The molecule has 7 nitrogen and oxygen atoms in total. The number of amides is 1. The third-order valence-electron chi connectivity index (χ3n) is 4.32. The zero-order valence-corrected chi connectivity index (χ0v) is 16.4. The van der Waals surface area contributed by atoms with E-state index in [9.17, 15) is 4.79 Å². The van der Waals surface area contributed by atoms with Gasteiger partial charge in [0.15, 0.2) is 5.96 Å². The molecule has 1 unspecified atom stereocenters. The number of hydrogen-bond acceptors (Lipinski definition) is 4. The predicted octanol–water partition coefficient (Wildman–Crippen LogP) is 1.54. The van der Waals surface area contributed by atoms with Crippen molar-refractivity contribution in [2.45, 2.75) is 26.3 Å². The predicted molar refractivity (Wildman–Crippen MR) is 107 cm³/mol. The maximum atomic E-state index is 11.7. The molecule has 0 aliphatic carbocycles. The Morgan fingerprint density at radius 3 is 3.00 bits per heavy atom. The first-order valence-electron chi connectivity index (χ1n) is 9.71. The van der Waals surface area contributed by atoms with Gasteiger partial charge in [0.05, 0.1) is 19.8 Å². The number of guanidine groups is 1. The molecule has 1 atom stereocenters. The van der Waals surface area contributed by atoms with E-state index in [0.717, 1.165) is 63.9 Å². The molecule has 1 aliphatic heterocycles. The first kappa shape index (κ1) is 21.2. The molecule has 0 spiro atoms. The summed E-state index contributed by atoms with van der Waals surface area (Å²) in [5, 5.41) is 9.20. The van der Waals surface area contributed by atoms with Crippen LogP contribution < -0.4 is 16.0 Å². The van der Waals surface area contributed by atoms with E-state index in [2.05, 4.69) is 20.9 Å². The molecule has 2 rings (SSSR count). The molecule has 1 amide bonds. The number of ether oxygens (including phenoxy) is 2. The van der Waals surface area contributed by atoms with Gasteiger partial charge < -0.3 is 25.4 Å². The maximum absolute atomic E-state index is 11.7. The number of hydrogen-bond donors (Lipinski definition) is 3. The smallest absolute Gasteiger partial charge is 0.251 e. The van der Waals surface area contributed by atoms with Crippen LogP contribution in [0.2, 0.25) is 0 Å². The lowest BCUT2D eigenvalue weighted by molar-refractivity contribution is 0.0888. The summed E-state index contributed by atoms with van der Waals surface area (Å²) in [7, 11) is 1.63. The topological polar surface area (TPSA) is 84.0 Å². The Morgan fingerprint density at radius 2 is 2.26 bits per heavy atom. The van der Waals surface area contributed by atoms with Crippen LogP contribution in [0.25, 0.3) is 0 Å². The summed E-state index contributed by atoms with van der Waals surface area (Å²) in [4.78, 5) is 16.3. The van der Waals surface area contributed by atoms with E-state index in [-0.39, 0.29) is 5.91 Å². The lowest BCUT2D eigenvalue weighted by Gasteiger charge is -2.12. The van der Waals surface area contributed by atoms with Crippen molar-refractivity contribution in [1.29, 1.82) is 0 Å². The van der Waals surface area contributed by atoms with E-state index in [1.165, 1.54) is 0 Å². The average Bonchev–Trinajstić information content (AvgIpc) is 3.21. The number of benzene rings is 1. The highest BCUT2D eigenvalue weighted by molar-refractivity contribution is 5.94. The zero-order valence-electron chi connectivity index (χ0n) is 16.4. The lowest BCUT2D eigenvalue weighted by Crippen LogP contribution is -2.38. The minimum Gasteiger partial charge on any atom is -0.381 e. The number of nitrogens with one attached hydrogen (secondary N) is 3. The van der Waals surface area contributed by atoms with Crippen molar-refractivity contribution in [3.05, 3.63) is 35.4 Å². The van der Waals surface area contributed by atoms with Crippen LogP contribution in [-0.2, 0) is 16.0 Å². The first-order valence-corrected chi connectivity index (χ1v) is 9.71. The van der Waals surface area contributed by atoms with Crippen molar-refractivity contribution in [3.8, 4) is 0 Å². The van der Waals surface area contributed by atoms with Gasteiger partial charge in [-0.2, -0.15) is 0 Å². The van der Waals surface area contributed by atoms with E-state index in [1.807, 2.05) is 25.1 Å². The monoisotopic (exact) mass is 376 g/mol. The van der Waals surface area contributed by atoms with Crippen LogP contribution >= 0.6 is 0 Å². The Balaban J connectivity index is 1.72. The van der Waals surface area contributed by atoms with Crippen LogP contribution in [0.1, 0.15) is 35.7 Å². The van der Waals surface area contributed by atoms with Crippen LogP contribution in [0.5, 0.6) is 0 Å². The van der Waals surface area contributed by atoms with Gasteiger partial charge in [-0.05, 0) is 37.5 Å². The summed E-state index contributed by atoms with van der Waals surface area (Å²) >= 11 is 0. The van der Waals surface area contributed by atoms with Crippen LogP contribution in [0.15, 0.2) is 29.3 Å². The van der Waals surface area contributed by atoms with Gasteiger partial charge in [0, 0.05) is 44.8 Å². The summed E-state index contributed by atoms with van der Waals surface area (Å²) in [5.41, 5.74) is 1.64. The summed E-state index contributed by atoms with van der Waals surface area (Å²) in [5.74, 6) is 1.24. The van der Waals surface area contributed by atoms with Gasteiger partial charge in [-0.3, -0.25) is 4.79 Å². The second kappa shape index (κ2) is 12.3. The Hall–Kier alpha value is -2.12. The normalized spacial score (nSPS) is 17.0. The molecule has 0 saturated carbocycles. The first-order chi connectivity index (χ1) is 13.2. The molecule has 3 N–H and O–H groups in total. The molecule has 1 heterocycles. The summed E-state index contributed by atoms with van der Waals surface area (Å²) in [6.07, 6.45) is 2.03. The SMILES string of the molecule is CCNC(=NCc1cccc(C(=O)NC)c1)NCCCOCC1CCOC1. The third-order valence-corrected chi connectivity index (χ3v) is 4.32. The van der Waals surface area contributed by atoms with Gasteiger partial charge in [0.2, 0.25) is 0 Å². The van der Waals surface area contributed by atoms with Crippen LogP contribution in [0.3, 0.4) is 0 Å². The molecular formula is C20H32N4O3. The number of carbonyl (C=O) groups excluding carboxylic acids is 1. The second-order valence-electron chi connectivity index (χ2n) is 6.56. The summed E-state index contributed by atoms with van der Waals surface area (Å²) < 4.78 is 11.1. The summed E-state index contributed by atoms with van der Waals surface area (Å²) in [6.45, 7) is 7.36. The highest BCUT2D eigenvalue weighted by atomic mass is 16.5. The van der Waals surface area contributed by atoms with Gasteiger partial charge in [0.1, 0.15) is 0 Å². The fraction of sp³-hybridized carbons (Fsp3) is 0.600. The standard InChI is InChI=1S/C20H32N4O3/c1-3-22-20(23-9-5-10-26-14-17-8-11-27-15-17)24-13-16-6-4-7-18(12-16)19(25)21-2/h4,6-7,12,17H,3,5,8-11,13-15H2,1-2H3,(H,21,25)(H2,22,23,24). The van der Waals surface area contributed by atoms with Crippen LogP contribution in [0.4, 0.5) is 0 Å². The molecule has 27 heavy (non-hydrogen) atoms. The van der Waals surface area contributed by atoms with Gasteiger partial charge in [0.25, 0.3) is 5.91 Å². The fourth-order valence-electron chi connectivity index (χ4n) is 2.81. The van der Waals surface area contributed by atoms with Crippen molar-refractivity contribution < 1.29 is 14.3 Å². The Morgan fingerprint density at radius 1 is 1.37 bits per heavy atom. The zero-order chi connectivity index (χ0) is 19.3.